The van der Waals surface area contributed by atoms with Gasteiger partial charge in [-0.1, -0.05) is 6.07 Å². The first-order valence-corrected chi connectivity index (χ1v) is 10.8. The van der Waals surface area contributed by atoms with Crippen LogP contribution in [-0.2, 0) is 16.0 Å². The van der Waals surface area contributed by atoms with Crippen LogP contribution in [0.1, 0.15) is 11.3 Å². The highest BCUT2D eigenvalue weighted by atomic mass is 16.7. The van der Waals surface area contributed by atoms with Crippen LogP contribution in [0.4, 0.5) is 11.8 Å². The van der Waals surface area contributed by atoms with Gasteiger partial charge in [-0.2, -0.15) is 4.98 Å². The third-order valence-electron chi connectivity index (χ3n) is 5.87. The molecule has 3 aliphatic rings. The topological polar surface area (TPSA) is 80.3 Å². The number of nitrogens with zero attached hydrogens (tertiary/aromatic N) is 5. The van der Waals surface area contributed by atoms with E-state index in [9.17, 15) is 4.79 Å². The number of rotatable bonds is 4. The van der Waals surface area contributed by atoms with Crippen molar-refractivity contribution < 1.29 is 19.0 Å². The summed E-state index contributed by atoms with van der Waals surface area (Å²) < 4.78 is 16.2. The summed E-state index contributed by atoms with van der Waals surface area (Å²) in [5.41, 5.74) is 1.89. The number of aromatic nitrogens is 2. The van der Waals surface area contributed by atoms with Crippen molar-refractivity contribution >= 4 is 17.7 Å². The Hall–Kier alpha value is -3.07. The fraction of sp³-hybridized carbons (Fsp3) is 0.500. The third kappa shape index (κ3) is 4.36. The fourth-order valence-electron chi connectivity index (χ4n) is 4.13. The minimum atomic E-state index is 0.123. The summed E-state index contributed by atoms with van der Waals surface area (Å²) in [6.45, 7) is 8.14. The van der Waals surface area contributed by atoms with Crippen LogP contribution in [-0.4, -0.2) is 80.1 Å². The Labute approximate surface area is 181 Å². The average Bonchev–Trinajstić information content (AvgIpc) is 3.27. The van der Waals surface area contributed by atoms with Crippen molar-refractivity contribution in [2.75, 3.05) is 69.1 Å². The number of aryl methyl sites for hydroxylation is 1. The van der Waals surface area contributed by atoms with Crippen molar-refractivity contribution in [3.63, 3.8) is 0 Å². The van der Waals surface area contributed by atoms with Gasteiger partial charge in [0.25, 0.3) is 0 Å². The largest absolute Gasteiger partial charge is 0.454 e. The molecule has 0 saturated carbocycles. The Morgan fingerprint density at radius 1 is 0.935 bits per heavy atom. The molecule has 9 nitrogen and oxygen atoms in total. The second-order valence-corrected chi connectivity index (χ2v) is 8.00. The van der Waals surface area contributed by atoms with Crippen LogP contribution in [0.2, 0.25) is 0 Å². The molecule has 0 radical (unpaired) electrons. The van der Waals surface area contributed by atoms with E-state index in [0.717, 1.165) is 68.2 Å². The van der Waals surface area contributed by atoms with E-state index in [2.05, 4.69) is 14.8 Å². The molecule has 1 aromatic carbocycles. The average molecular weight is 425 g/mol. The lowest BCUT2D eigenvalue weighted by atomic mass is 10.1. The number of piperazine rings is 1. The van der Waals surface area contributed by atoms with Gasteiger partial charge in [0.1, 0.15) is 5.82 Å². The smallest absolute Gasteiger partial charge is 0.231 e. The van der Waals surface area contributed by atoms with Crippen LogP contribution in [0.3, 0.4) is 0 Å². The second-order valence-electron chi connectivity index (χ2n) is 8.00. The Morgan fingerprint density at radius 3 is 2.52 bits per heavy atom. The Balaban J connectivity index is 1.20. The van der Waals surface area contributed by atoms with Crippen molar-refractivity contribution in [2.24, 2.45) is 0 Å². The zero-order valence-electron chi connectivity index (χ0n) is 17.7. The molecule has 1 amide bonds. The number of carbonyl (C=O) groups is 1. The van der Waals surface area contributed by atoms with E-state index in [4.69, 9.17) is 19.2 Å². The lowest BCUT2D eigenvalue weighted by molar-refractivity contribution is -0.130. The normalized spacial score (nSPS) is 18.4. The van der Waals surface area contributed by atoms with Crippen LogP contribution < -0.4 is 19.3 Å². The van der Waals surface area contributed by atoms with Gasteiger partial charge in [-0.3, -0.25) is 4.79 Å². The van der Waals surface area contributed by atoms with Crippen LogP contribution >= 0.6 is 0 Å². The zero-order chi connectivity index (χ0) is 21.2. The summed E-state index contributed by atoms with van der Waals surface area (Å²) in [7, 11) is 0. The predicted octanol–water partition coefficient (Wildman–Crippen LogP) is 1.24. The van der Waals surface area contributed by atoms with Crippen molar-refractivity contribution in [2.45, 2.75) is 13.3 Å². The minimum absolute atomic E-state index is 0.123. The molecule has 0 atom stereocenters. The van der Waals surface area contributed by atoms with Gasteiger partial charge in [0.05, 0.1) is 19.6 Å². The number of amides is 1. The lowest BCUT2D eigenvalue weighted by Crippen LogP contribution is -2.49. The summed E-state index contributed by atoms with van der Waals surface area (Å²) in [5, 5.41) is 0. The highest BCUT2D eigenvalue weighted by molar-refractivity contribution is 5.79. The number of morpholine rings is 1. The highest BCUT2D eigenvalue weighted by Gasteiger charge is 2.24. The molecule has 2 fully saturated rings. The quantitative estimate of drug-likeness (QED) is 0.724. The maximum absolute atomic E-state index is 12.8. The molecule has 31 heavy (non-hydrogen) atoms. The molecule has 2 saturated heterocycles. The summed E-state index contributed by atoms with van der Waals surface area (Å²) in [4.78, 5) is 28.6. The summed E-state index contributed by atoms with van der Waals surface area (Å²) in [6, 6.07) is 7.71. The van der Waals surface area contributed by atoms with Crippen LogP contribution in [0.5, 0.6) is 11.5 Å². The molecule has 0 N–H and O–H groups in total. The van der Waals surface area contributed by atoms with E-state index in [1.165, 1.54) is 0 Å². The number of anilines is 2. The van der Waals surface area contributed by atoms with Crippen molar-refractivity contribution in [3.05, 3.63) is 35.5 Å². The zero-order valence-corrected chi connectivity index (χ0v) is 17.7. The van der Waals surface area contributed by atoms with E-state index >= 15 is 0 Å². The van der Waals surface area contributed by atoms with Gasteiger partial charge in [0, 0.05) is 51.0 Å². The summed E-state index contributed by atoms with van der Waals surface area (Å²) >= 11 is 0. The van der Waals surface area contributed by atoms with Crippen LogP contribution in [0.25, 0.3) is 0 Å². The Kier molecular flexibility index (Phi) is 5.50. The van der Waals surface area contributed by atoms with Gasteiger partial charge in [0.2, 0.25) is 18.6 Å². The maximum Gasteiger partial charge on any atom is 0.231 e. The number of hydrogen-bond acceptors (Lipinski definition) is 8. The molecule has 9 heteroatoms. The third-order valence-corrected chi connectivity index (χ3v) is 5.87. The molecule has 0 spiro atoms. The minimum Gasteiger partial charge on any atom is -0.454 e. The van der Waals surface area contributed by atoms with E-state index in [-0.39, 0.29) is 12.7 Å². The molecule has 0 unspecified atom stereocenters. The predicted molar refractivity (Wildman–Crippen MR) is 115 cm³/mol. The van der Waals surface area contributed by atoms with E-state index < -0.39 is 0 Å². The van der Waals surface area contributed by atoms with Gasteiger partial charge < -0.3 is 28.9 Å². The first-order valence-electron chi connectivity index (χ1n) is 10.8. The lowest BCUT2D eigenvalue weighted by Gasteiger charge is -2.35. The first-order chi connectivity index (χ1) is 15.2. The first kappa shape index (κ1) is 19.9. The number of benzene rings is 1. The van der Waals surface area contributed by atoms with Crippen molar-refractivity contribution in [3.8, 4) is 11.5 Å². The highest BCUT2D eigenvalue weighted by Crippen LogP contribution is 2.32. The summed E-state index contributed by atoms with van der Waals surface area (Å²) in [5.74, 6) is 3.26. The molecule has 3 aliphatic heterocycles. The fourth-order valence-corrected chi connectivity index (χ4v) is 4.13. The molecule has 5 rings (SSSR count). The second kappa shape index (κ2) is 8.58. The molecule has 4 heterocycles. The van der Waals surface area contributed by atoms with Crippen molar-refractivity contribution in [1.29, 1.82) is 0 Å². The van der Waals surface area contributed by atoms with Crippen LogP contribution in [0.15, 0.2) is 24.3 Å². The number of carbonyl (C=O) groups excluding carboxylic acids is 1. The van der Waals surface area contributed by atoms with E-state index in [1.807, 2.05) is 36.1 Å². The standard InChI is InChI=1S/C22H27N5O4/c1-16-12-20(25-8-10-29-11-9-25)24-22(23-16)27-6-4-26(5-7-27)21(28)14-17-2-3-18-19(13-17)31-15-30-18/h2-3,12-13H,4-11,14-15H2,1H3. The number of ether oxygens (including phenoxy) is 3. The molecular formula is C22H27N5O4. The van der Waals surface area contributed by atoms with Gasteiger partial charge in [-0.05, 0) is 24.6 Å². The van der Waals surface area contributed by atoms with E-state index in [0.29, 0.717) is 25.3 Å². The molecule has 164 valence electrons. The number of fused-ring (bicyclic) bond motifs is 1. The molecule has 0 aliphatic carbocycles. The van der Waals surface area contributed by atoms with Gasteiger partial charge in [-0.25, -0.2) is 4.98 Å². The van der Waals surface area contributed by atoms with Crippen LogP contribution in [0, 0.1) is 6.92 Å². The van der Waals surface area contributed by atoms with E-state index in [1.54, 1.807) is 0 Å². The Bertz CT molecular complexity index is 955. The van der Waals surface area contributed by atoms with Crippen molar-refractivity contribution in [1.82, 2.24) is 14.9 Å². The maximum atomic E-state index is 12.8. The summed E-state index contributed by atoms with van der Waals surface area (Å²) in [6.07, 6.45) is 0.360. The van der Waals surface area contributed by atoms with Gasteiger partial charge >= 0.3 is 0 Å². The number of hydrogen-bond donors (Lipinski definition) is 0. The molecule has 1 aromatic heterocycles. The van der Waals surface area contributed by atoms with Gasteiger partial charge in [0.15, 0.2) is 11.5 Å². The van der Waals surface area contributed by atoms with Gasteiger partial charge in [-0.15, -0.1) is 0 Å². The molecule has 0 bridgehead atoms. The monoisotopic (exact) mass is 425 g/mol. The Morgan fingerprint density at radius 2 is 1.71 bits per heavy atom. The molecular weight excluding hydrogens is 398 g/mol. The SMILES string of the molecule is Cc1cc(N2CCOCC2)nc(N2CCN(C(=O)Cc3ccc4c(c3)OCO4)CC2)n1. The molecule has 2 aromatic rings.